The molecule has 2 saturated carbocycles. The molecule has 86 valence electrons. The van der Waals surface area contributed by atoms with E-state index in [0.717, 1.165) is 19.1 Å². The van der Waals surface area contributed by atoms with Crippen molar-refractivity contribution in [3.8, 4) is 0 Å². The molecule has 1 heterocycles. The van der Waals surface area contributed by atoms with E-state index in [4.69, 9.17) is 9.47 Å². The minimum atomic E-state index is 0.409. The molecule has 0 aromatic rings. The maximum Gasteiger partial charge on any atom is 0.104 e. The summed E-state index contributed by atoms with van der Waals surface area (Å²) < 4.78 is 11.3. The fourth-order valence-corrected chi connectivity index (χ4v) is 3.77. The third-order valence-electron chi connectivity index (χ3n) is 5.60. The van der Waals surface area contributed by atoms with Crippen molar-refractivity contribution in [3.05, 3.63) is 0 Å². The van der Waals surface area contributed by atoms with Gasteiger partial charge in [-0.25, -0.2) is 0 Å². The normalized spacial score (nSPS) is 51.0. The second kappa shape index (κ2) is 2.98. The second-order valence-corrected chi connectivity index (χ2v) is 6.39. The summed E-state index contributed by atoms with van der Waals surface area (Å²) in [6.45, 7) is 9.03. The molecule has 3 aliphatic rings. The molecule has 0 aromatic heterocycles. The molecule has 0 amide bonds. The van der Waals surface area contributed by atoms with Crippen LogP contribution in [0.15, 0.2) is 0 Å². The molecule has 15 heavy (non-hydrogen) atoms. The average molecular weight is 210 g/mol. The van der Waals surface area contributed by atoms with Gasteiger partial charge in [0, 0.05) is 0 Å². The molecule has 2 aliphatic carbocycles. The van der Waals surface area contributed by atoms with Gasteiger partial charge in [0.15, 0.2) is 0 Å². The van der Waals surface area contributed by atoms with Gasteiger partial charge in [-0.3, -0.25) is 0 Å². The van der Waals surface area contributed by atoms with Gasteiger partial charge in [-0.1, -0.05) is 20.8 Å². The van der Waals surface area contributed by atoms with Crippen LogP contribution in [0.25, 0.3) is 0 Å². The van der Waals surface area contributed by atoms with Crippen molar-refractivity contribution in [1.82, 2.24) is 0 Å². The van der Waals surface area contributed by atoms with Crippen LogP contribution in [0.3, 0.4) is 0 Å². The summed E-state index contributed by atoms with van der Waals surface area (Å²) >= 11 is 0. The van der Waals surface area contributed by atoms with Crippen LogP contribution in [-0.4, -0.2) is 25.4 Å². The smallest absolute Gasteiger partial charge is 0.104 e. The summed E-state index contributed by atoms with van der Waals surface area (Å²) in [4.78, 5) is 0. The molecular weight excluding hydrogens is 188 g/mol. The first-order valence-corrected chi connectivity index (χ1v) is 6.27. The Morgan fingerprint density at radius 1 is 1.33 bits per heavy atom. The van der Waals surface area contributed by atoms with Crippen molar-refractivity contribution in [2.24, 2.45) is 16.7 Å². The van der Waals surface area contributed by atoms with E-state index in [9.17, 15) is 0 Å². The molecule has 0 aromatic carbocycles. The van der Waals surface area contributed by atoms with Gasteiger partial charge in [0.2, 0.25) is 0 Å². The molecule has 2 bridgehead atoms. The van der Waals surface area contributed by atoms with E-state index in [-0.39, 0.29) is 0 Å². The minimum Gasteiger partial charge on any atom is -0.375 e. The third kappa shape index (κ3) is 1.31. The molecular formula is C13H22O2. The van der Waals surface area contributed by atoms with Crippen LogP contribution in [0.5, 0.6) is 0 Å². The van der Waals surface area contributed by atoms with Gasteiger partial charge >= 0.3 is 0 Å². The summed E-state index contributed by atoms with van der Waals surface area (Å²) in [5.41, 5.74) is 0.884. The van der Waals surface area contributed by atoms with E-state index in [0.29, 0.717) is 23.0 Å². The molecule has 4 unspecified atom stereocenters. The highest BCUT2D eigenvalue weighted by Crippen LogP contribution is 2.66. The summed E-state index contributed by atoms with van der Waals surface area (Å²) in [6, 6.07) is 0. The average Bonchev–Trinajstić information content (AvgIpc) is 2.93. The molecule has 3 rings (SSSR count). The van der Waals surface area contributed by atoms with Crippen molar-refractivity contribution in [3.63, 3.8) is 0 Å². The minimum absolute atomic E-state index is 0.409. The van der Waals surface area contributed by atoms with Crippen LogP contribution in [0.4, 0.5) is 0 Å². The largest absolute Gasteiger partial charge is 0.375 e. The van der Waals surface area contributed by atoms with Crippen molar-refractivity contribution in [2.45, 2.75) is 52.2 Å². The highest BCUT2D eigenvalue weighted by molar-refractivity contribution is 5.11. The lowest BCUT2D eigenvalue weighted by Crippen LogP contribution is -2.37. The molecule has 2 heteroatoms. The molecule has 0 radical (unpaired) electrons. The fraction of sp³-hybridized carbons (Fsp3) is 1.00. The molecule has 1 aliphatic heterocycles. The Bertz CT molecular complexity index is 270. The number of ether oxygens (including phenoxy) is 2. The van der Waals surface area contributed by atoms with Gasteiger partial charge < -0.3 is 9.47 Å². The highest BCUT2D eigenvalue weighted by atomic mass is 16.6. The number of hydrogen-bond donors (Lipinski definition) is 0. The van der Waals surface area contributed by atoms with Crippen LogP contribution in [0.1, 0.15) is 40.0 Å². The Morgan fingerprint density at radius 2 is 2.07 bits per heavy atom. The lowest BCUT2D eigenvalue weighted by atomic mass is 9.70. The first kappa shape index (κ1) is 10.1. The first-order chi connectivity index (χ1) is 7.04. The Labute approximate surface area is 92.3 Å². The Morgan fingerprint density at radius 3 is 2.53 bits per heavy atom. The Kier molecular flexibility index (Phi) is 2.01. The zero-order valence-corrected chi connectivity index (χ0v) is 10.1. The van der Waals surface area contributed by atoms with Crippen LogP contribution in [0.2, 0.25) is 0 Å². The predicted molar refractivity (Wildman–Crippen MR) is 58.7 cm³/mol. The summed E-state index contributed by atoms with van der Waals surface area (Å²) in [7, 11) is 0. The van der Waals surface area contributed by atoms with Crippen LogP contribution >= 0.6 is 0 Å². The standard InChI is InChI=1S/C13H22O2/c1-12(2)9-4-5-13(12,3)11(6-9)15-8-10-7-14-10/h9-11H,4-8H2,1-3H3. The van der Waals surface area contributed by atoms with E-state index in [1.807, 2.05) is 0 Å². The van der Waals surface area contributed by atoms with Gasteiger partial charge in [-0.05, 0) is 36.0 Å². The number of epoxide rings is 1. The summed E-state index contributed by atoms with van der Waals surface area (Å²) in [6.07, 6.45) is 4.92. The van der Waals surface area contributed by atoms with E-state index in [2.05, 4.69) is 20.8 Å². The Balaban J connectivity index is 1.70. The quantitative estimate of drug-likeness (QED) is 0.668. The maximum atomic E-state index is 6.07. The van der Waals surface area contributed by atoms with Gasteiger partial charge in [0.05, 0.1) is 19.3 Å². The number of rotatable bonds is 3. The zero-order chi connectivity index (χ0) is 10.7. The monoisotopic (exact) mass is 210 g/mol. The van der Waals surface area contributed by atoms with Crippen molar-refractivity contribution in [1.29, 1.82) is 0 Å². The first-order valence-electron chi connectivity index (χ1n) is 6.27. The zero-order valence-electron chi connectivity index (χ0n) is 10.1. The number of hydrogen-bond acceptors (Lipinski definition) is 2. The highest BCUT2D eigenvalue weighted by Gasteiger charge is 2.61. The molecule has 4 atom stereocenters. The maximum absolute atomic E-state index is 6.07. The molecule has 3 fully saturated rings. The summed E-state index contributed by atoms with van der Waals surface area (Å²) in [5.74, 6) is 0.882. The Hall–Kier alpha value is -0.0800. The van der Waals surface area contributed by atoms with Crippen molar-refractivity contribution >= 4 is 0 Å². The second-order valence-electron chi connectivity index (χ2n) is 6.39. The molecule has 1 saturated heterocycles. The molecule has 2 nitrogen and oxygen atoms in total. The number of fused-ring (bicyclic) bond motifs is 2. The topological polar surface area (TPSA) is 21.8 Å². The van der Waals surface area contributed by atoms with E-state index < -0.39 is 0 Å². The van der Waals surface area contributed by atoms with Crippen molar-refractivity contribution < 1.29 is 9.47 Å². The van der Waals surface area contributed by atoms with Crippen molar-refractivity contribution in [2.75, 3.05) is 13.2 Å². The van der Waals surface area contributed by atoms with E-state index >= 15 is 0 Å². The third-order valence-corrected chi connectivity index (χ3v) is 5.60. The van der Waals surface area contributed by atoms with Crippen LogP contribution < -0.4 is 0 Å². The van der Waals surface area contributed by atoms with Gasteiger partial charge in [-0.2, -0.15) is 0 Å². The van der Waals surface area contributed by atoms with Gasteiger partial charge in [0.25, 0.3) is 0 Å². The fourth-order valence-electron chi connectivity index (χ4n) is 3.77. The molecule has 0 spiro atoms. The van der Waals surface area contributed by atoms with Crippen LogP contribution in [0, 0.1) is 16.7 Å². The lowest BCUT2D eigenvalue weighted by Gasteiger charge is -2.38. The summed E-state index contributed by atoms with van der Waals surface area (Å²) in [5, 5.41) is 0. The lowest BCUT2D eigenvalue weighted by molar-refractivity contribution is -0.0507. The van der Waals surface area contributed by atoms with Gasteiger partial charge in [0.1, 0.15) is 6.10 Å². The van der Waals surface area contributed by atoms with E-state index in [1.165, 1.54) is 19.3 Å². The molecule has 0 N–H and O–H groups in total. The predicted octanol–water partition coefficient (Wildman–Crippen LogP) is 2.62. The SMILES string of the molecule is CC1(C)C2CCC1(C)C(OCC1CO1)C2. The van der Waals surface area contributed by atoms with Crippen LogP contribution in [-0.2, 0) is 9.47 Å². The van der Waals surface area contributed by atoms with E-state index in [1.54, 1.807) is 0 Å². The van der Waals surface area contributed by atoms with Gasteiger partial charge in [-0.15, -0.1) is 0 Å².